The van der Waals surface area contributed by atoms with E-state index in [4.69, 9.17) is 0 Å². The van der Waals surface area contributed by atoms with Crippen molar-refractivity contribution in [3.8, 4) is 0 Å². The summed E-state index contributed by atoms with van der Waals surface area (Å²) in [6.07, 6.45) is -2.35. The van der Waals surface area contributed by atoms with Crippen molar-refractivity contribution in [2.75, 3.05) is 0 Å². The van der Waals surface area contributed by atoms with E-state index in [9.17, 15) is 23.4 Å². The van der Waals surface area contributed by atoms with Crippen LogP contribution >= 0.6 is 0 Å². The van der Waals surface area contributed by atoms with Crippen LogP contribution in [0, 0.1) is 17.8 Å². The van der Waals surface area contributed by atoms with Gasteiger partial charge in [0.1, 0.15) is 5.69 Å². The van der Waals surface area contributed by atoms with Crippen LogP contribution in [0.2, 0.25) is 0 Å². The van der Waals surface area contributed by atoms with E-state index in [2.05, 4.69) is 9.97 Å². The van der Waals surface area contributed by atoms with Gasteiger partial charge in [0.25, 0.3) is 11.9 Å². The molecule has 101 valence electrons. The molecule has 2 unspecified atom stereocenters. The van der Waals surface area contributed by atoms with E-state index in [1.807, 2.05) is 0 Å². The van der Waals surface area contributed by atoms with Gasteiger partial charge in [-0.25, -0.2) is 4.98 Å². The van der Waals surface area contributed by atoms with Gasteiger partial charge in [0.05, 0.1) is 18.1 Å². The van der Waals surface area contributed by atoms with E-state index >= 15 is 0 Å². The minimum Gasteiger partial charge on any atom is -0.393 e. The van der Waals surface area contributed by atoms with Gasteiger partial charge in [-0.2, -0.15) is 18.2 Å². The molecule has 2 atom stereocenters. The summed E-state index contributed by atoms with van der Waals surface area (Å²) >= 11 is 0. The molecule has 1 radical (unpaired) electrons. The molecule has 0 aliphatic carbocycles. The number of nitrogens with zero attached hydrogens (tertiary/aromatic N) is 2. The van der Waals surface area contributed by atoms with Crippen LogP contribution in [0.5, 0.6) is 0 Å². The SMILES string of the molecule is CC(O)C(c1nc(F)c(F)nc1F)C(C)O.[Cu]. The third kappa shape index (κ3) is 3.64. The van der Waals surface area contributed by atoms with Gasteiger partial charge in [0.15, 0.2) is 0 Å². The Bertz CT molecular complexity index is 383. The summed E-state index contributed by atoms with van der Waals surface area (Å²) in [4.78, 5) is 5.68. The van der Waals surface area contributed by atoms with Crippen LogP contribution in [0.3, 0.4) is 0 Å². The maximum atomic E-state index is 13.2. The molecule has 0 amide bonds. The van der Waals surface area contributed by atoms with E-state index in [0.717, 1.165) is 0 Å². The number of rotatable bonds is 3. The van der Waals surface area contributed by atoms with Crippen molar-refractivity contribution in [1.29, 1.82) is 0 Å². The predicted octanol–water partition coefficient (Wildman–Crippen LogP) is 0.737. The van der Waals surface area contributed by atoms with Crippen LogP contribution in [0.25, 0.3) is 0 Å². The van der Waals surface area contributed by atoms with Gasteiger partial charge in [-0.05, 0) is 13.8 Å². The van der Waals surface area contributed by atoms with Crippen molar-refractivity contribution in [2.24, 2.45) is 0 Å². The fraction of sp³-hybridized carbons (Fsp3) is 0.556. The molecule has 17 heavy (non-hydrogen) atoms. The van der Waals surface area contributed by atoms with E-state index in [0.29, 0.717) is 0 Å². The molecule has 0 aliphatic rings. The zero-order chi connectivity index (χ0) is 12.5. The van der Waals surface area contributed by atoms with Crippen molar-refractivity contribution < 1.29 is 40.5 Å². The monoisotopic (exact) mass is 299 g/mol. The number of aliphatic hydroxyl groups excluding tert-OH is 2. The summed E-state index contributed by atoms with van der Waals surface area (Å²) in [7, 11) is 0. The summed E-state index contributed by atoms with van der Waals surface area (Å²) in [5.74, 6) is -5.73. The Labute approximate surface area is 106 Å². The normalized spacial score (nSPS) is 15.9. The summed E-state index contributed by atoms with van der Waals surface area (Å²) in [6, 6.07) is 0. The Kier molecular flexibility index (Phi) is 6.04. The van der Waals surface area contributed by atoms with Crippen LogP contribution in [0.1, 0.15) is 25.5 Å². The molecule has 1 aromatic rings. The van der Waals surface area contributed by atoms with Gasteiger partial charge >= 0.3 is 0 Å². The van der Waals surface area contributed by atoms with Crippen molar-refractivity contribution >= 4 is 0 Å². The number of hydrogen-bond donors (Lipinski definition) is 2. The Morgan fingerprint density at radius 1 is 0.882 bits per heavy atom. The first kappa shape index (κ1) is 16.3. The Balaban J connectivity index is 0.00000256. The molecule has 4 nitrogen and oxygen atoms in total. The summed E-state index contributed by atoms with van der Waals surface area (Å²) in [6.45, 7) is 2.56. The number of aromatic nitrogens is 2. The van der Waals surface area contributed by atoms with Crippen LogP contribution in [0.4, 0.5) is 13.2 Å². The molecule has 1 heterocycles. The zero-order valence-corrected chi connectivity index (χ0v) is 9.90. The standard InChI is InChI=1S/C9H11F3N2O2.Cu/c1-3(15)5(4(2)16)6-7(10)14-9(12)8(11)13-6;/h3-5,15-16H,1-2H3;. The van der Waals surface area contributed by atoms with E-state index in [-0.39, 0.29) is 17.1 Å². The Hall–Kier alpha value is -0.691. The molecule has 8 heteroatoms. The topological polar surface area (TPSA) is 66.2 Å². The van der Waals surface area contributed by atoms with Gasteiger partial charge in [-0.3, -0.25) is 0 Å². The molecule has 0 aromatic carbocycles. The van der Waals surface area contributed by atoms with Crippen LogP contribution < -0.4 is 0 Å². The number of hydrogen-bond acceptors (Lipinski definition) is 4. The third-order valence-corrected chi connectivity index (χ3v) is 2.15. The minimum absolute atomic E-state index is 0. The van der Waals surface area contributed by atoms with Crippen molar-refractivity contribution in [3.05, 3.63) is 23.5 Å². The van der Waals surface area contributed by atoms with Gasteiger partial charge in [0.2, 0.25) is 5.95 Å². The second-order valence-electron chi connectivity index (χ2n) is 3.49. The average Bonchev–Trinajstić information content (AvgIpc) is 2.12. The summed E-state index contributed by atoms with van der Waals surface area (Å²) in [5.41, 5.74) is -0.594. The number of aliphatic hydroxyl groups is 2. The zero-order valence-electron chi connectivity index (χ0n) is 8.96. The van der Waals surface area contributed by atoms with Crippen LogP contribution in [0.15, 0.2) is 0 Å². The first-order valence-corrected chi connectivity index (χ1v) is 4.59. The molecular formula is C9H11CuF3N2O2. The molecule has 1 rings (SSSR count). The molecule has 0 aliphatic heterocycles. The fourth-order valence-corrected chi connectivity index (χ4v) is 1.46. The first-order valence-electron chi connectivity index (χ1n) is 4.59. The quantitative estimate of drug-likeness (QED) is 0.808. The van der Waals surface area contributed by atoms with Crippen molar-refractivity contribution in [3.63, 3.8) is 0 Å². The molecule has 0 bridgehead atoms. The Morgan fingerprint density at radius 3 is 1.71 bits per heavy atom. The fourth-order valence-electron chi connectivity index (χ4n) is 1.46. The minimum atomic E-state index is -1.66. The summed E-state index contributed by atoms with van der Waals surface area (Å²) < 4.78 is 38.5. The maximum Gasteiger partial charge on any atom is 0.271 e. The van der Waals surface area contributed by atoms with E-state index in [1.54, 1.807) is 0 Å². The molecular weight excluding hydrogens is 289 g/mol. The van der Waals surface area contributed by atoms with Crippen molar-refractivity contribution in [2.45, 2.75) is 32.0 Å². The first-order chi connectivity index (χ1) is 7.34. The van der Waals surface area contributed by atoms with Gasteiger partial charge < -0.3 is 10.2 Å². The largest absolute Gasteiger partial charge is 0.393 e. The Morgan fingerprint density at radius 2 is 1.29 bits per heavy atom. The predicted molar refractivity (Wildman–Crippen MR) is 48.0 cm³/mol. The number of halogens is 3. The molecule has 0 saturated carbocycles. The van der Waals surface area contributed by atoms with Crippen LogP contribution in [-0.4, -0.2) is 32.4 Å². The van der Waals surface area contributed by atoms with Crippen molar-refractivity contribution in [1.82, 2.24) is 9.97 Å². The second kappa shape index (κ2) is 6.30. The summed E-state index contributed by atoms with van der Waals surface area (Å²) in [5, 5.41) is 18.6. The molecule has 0 fully saturated rings. The third-order valence-electron chi connectivity index (χ3n) is 2.15. The van der Waals surface area contributed by atoms with Crippen LogP contribution in [-0.2, 0) is 17.1 Å². The molecule has 0 spiro atoms. The van der Waals surface area contributed by atoms with Gasteiger partial charge in [0, 0.05) is 17.1 Å². The second-order valence-corrected chi connectivity index (χ2v) is 3.49. The molecule has 0 saturated heterocycles. The molecule has 2 N–H and O–H groups in total. The van der Waals surface area contributed by atoms with E-state index in [1.165, 1.54) is 13.8 Å². The van der Waals surface area contributed by atoms with Gasteiger partial charge in [-0.1, -0.05) is 0 Å². The van der Waals surface area contributed by atoms with E-state index < -0.39 is 41.7 Å². The smallest absolute Gasteiger partial charge is 0.271 e. The average molecular weight is 300 g/mol. The van der Waals surface area contributed by atoms with Gasteiger partial charge in [-0.15, -0.1) is 0 Å². The molecule has 1 aromatic heterocycles. The maximum absolute atomic E-state index is 13.2.